The van der Waals surface area contributed by atoms with E-state index in [1.165, 1.54) is 0 Å². The molecule has 2 aromatic carbocycles. The predicted molar refractivity (Wildman–Crippen MR) is 72.4 cm³/mol. The summed E-state index contributed by atoms with van der Waals surface area (Å²) < 4.78 is 64.4. The van der Waals surface area contributed by atoms with E-state index in [4.69, 9.17) is 0 Å². The number of rotatable bonds is 3. The number of carbonyl (C=O) groups is 1. The zero-order chi connectivity index (χ0) is 18.1. The van der Waals surface area contributed by atoms with Crippen LogP contribution in [0.15, 0.2) is 36.4 Å². The van der Waals surface area contributed by atoms with Crippen molar-refractivity contribution in [1.82, 2.24) is 0 Å². The fourth-order valence-electron chi connectivity index (χ4n) is 1.84. The second-order valence-electron chi connectivity index (χ2n) is 4.57. The Morgan fingerprint density at radius 1 is 1.04 bits per heavy atom. The quantitative estimate of drug-likeness (QED) is 0.516. The Morgan fingerprint density at radius 2 is 1.71 bits per heavy atom. The Bertz CT molecular complexity index is 821. The van der Waals surface area contributed by atoms with Crippen molar-refractivity contribution in [3.63, 3.8) is 0 Å². The van der Waals surface area contributed by atoms with Gasteiger partial charge in [-0.25, -0.2) is 8.78 Å². The zero-order valence-corrected chi connectivity index (χ0v) is 11.5. The fraction of sp³-hybridized carbons (Fsp3) is 0.0714. The molecule has 2 rings (SSSR count). The van der Waals surface area contributed by atoms with E-state index in [-0.39, 0.29) is 11.3 Å². The highest BCUT2D eigenvalue weighted by Gasteiger charge is 2.38. The number of nitrogens with one attached hydrogen (secondary N) is 1. The average Bonchev–Trinajstić information content (AvgIpc) is 2.48. The summed E-state index contributed by atoms with van der Waals surface area (Å²) in [6.07, 6.45) is -5.01. The van der Waals surface area contributed by atoms with Gasteiger partial charge in [0.05, 0.1) is 4.92 Å². The summed E-state index contributed by atoms with van der Waals surface area (Å²) in [6, 6.07) is 4.05. The summed E-state index contributed by atoms with van der Waals surface area (Å²) in [6.45, 7) is 0. The third-order valence-electron chi connectivity index (χ3n) is 2.94. The summed E-state index contributed by atoms with van der Waals surface area (Å²) in [7, 11) is 0. The maximum absolute atomic E-state index is 13.1. The van der Waals surface area contributed by atoms with Crippen LogP contribution in [-0.2, 0) is 6.18 Å². The lowest BCUT2D eigenvalue weighted by Gasteiger charge is -2.10. The van der Waals surface area contributed by atoms with Gasteiger partial charge in [-0.3, -0.25) is 14.9 Å². The van der Waals surface area contributed by atoms with Crippen LogP contribution in [0.3, 0.4) is 0 Å². The Morgan fingerprint density at radius 3 is 2.25 bits per heavy atom. The molecular formula is C14H7F5N2O3. The van der Waals surface area contributed by atoms with Gasteiger partial charge in [0.25, 0.3) is 11.6 Å². The van der Waals surface area contributed by atoms with Crippen molar-refractivity contribution in [3.8, 4) is 0 Å². The average molecular weight is 346 g/mol. The van der Waals surface area contributed by atoms with Gasteiger partial charge in [-0.2, -0.15) is 13.2 Å². The van der Waals surface area contributed by atoms with E-state index in [1.807, 2.05) is 5.32 Å². The molecule has 0 heterocycles. The highest BCUT2D eigenvalue weighted by atomic mass is 19.4. The van der Waals surface area contributed by atoms with Crippen LogP contribution in [0, 0.1) is 21.7 Å². The highest BCUT2D eigenvalue weighted by molar-refractivity contribution is 6.04. The molecule has 0 aromatic heterocycles. The van der Waals surface area contributed by atoms with Crippen LogP contribution in [0.1, 0.15) is 15.9 Å². The first-order valence-electron chi connectivity index (χ1n) is 6.21. The number of amides is 1. The van der Waals surface area contributed by atoms with Crippen LogP contribution < -0.4 is 5.32 Å². The number of alkyl halides is 3. The molecule has 0 unspecified atom stereocenters. The molecule has 0 radical (unpaired) electrons. The molecule has 126 valence electrons. The van der Waals surface area contributed by atoms with E-state index in [9.17, 15) is 36.9 Å². The molecule has 0 bridgehead atoms. The molecule has 1 amide bonds. The van der Waals surface area contributed by atoms with Gasteiger partial charge >= 0.3 is 6.18 Å². The summed E-state index contributed by atoms with van der Waals surface area (Å²) >= 11 is 0. The molecule has 0 aliphatic heterocycles. The topological polar surface area (TPSA) is 72.2 Å². The van der Waals surface area contributed by atoms with Gasteiger partial charge in [0.2, 0.25) is 0 Å². The molecule has 0 atom stereocenters. The van der Waals surface area contributed by atoms with Crippen LogP contribution in [0.5, 0.6) is 0 Å². The first-order valence-corrected chi connectivity index (χ1v) is 6.21. The first kappa shape index (κ1) is 17.3. The SMILES string of the molecule is O=C(Nc1ccc([N+](=O)[O-])c(C(F)(F)F)c1)c1ccc(F)c(F)c1. The Hall–Kier alpha value is -3.04. The minimum atomic E-state index is -5.01. The van der Waals surface area contributed by atoms with Gasteiger partial charge in [0.1, 0.15) is 5.56 Å². The highest BCUT2D eigenvalue weighted by Crippen LogP contribution is 2.37. The molecule has 5 nitrogen and oxygen atoms in total. The van der Waals surface area contributed by atoms with E-state index in [0.29, 0.717) is 24.3 Å². The fourth-order valence-corrected chi connectivity index (χ4v) is 1.84. The maximum atomic E-state index is 13.1. The summed E-state index contributed by atoms with van der Waals surface area (Å²) in [5.41, 5.74) is -3.44. The van der Waals surface area contributed by atoms with Crippen molar-refractivity contribution in [2.24, 2.45) is 0 Å². The standard InChI is InChI=1S/C14H7F5N2O3/c15-10-3-1-7(5-11(10)16)13(22)20-8-2-4-12(21(23)24)9(6-8)14(17,18)19/h1-6H,(H,20,22). The van der Waals surface area contributed by atoms with Crippen LogP contribution in [-0.4, -0.2) is 10.8 Å². The number of hydrogen-bond acceptors (Lipinski definition) is 3. The Labute approximate surface area is 130 Å². The molecule has 0 aliphatic carbocycles. The Balaban J connectivity index is 2.34. The summed E-state index contributed by atoms with van der Waals surface area (Å²) in [4.78, 5) is 21.3. The number of nitro benzene ring substituents is 1. The van der Waals surface area contributed by atoms with Gasteiger partial charge in [0, 0.05) is 17.3 Å². The number of halogens is 5. The molecule has 24 heavy (non-hydrogen) atoms. The van der Waals surface area contributed by atoms with Gasteiger partial charge < -0.3 is 5.32 Å². The van der Waals surface area contributed by atoms with Gasteiger partial charge in [-0.05, 0) is 30.3 Å². The van der Waals surface area contributed by atoms with Gasteiger partial charge in [-0.15, -0.1) is 0 Å². The Kier molecular flexibility index (Phi) is 4.49. The van der Waals surface area contributed by atoms with Crippen molar-refractivity contribution in [2.45, 2.75) is 6.18 Å². The van der Waals surface area contributed by atoms with E-state index in [2.05, 4.69) is 0 Å². The van der Waals surface area contributed by atoms with Crippen molar-refractivity contribution in [1.29, 1.82) is 0 Å². The minimum Gasteiger partial charge on any atom is -0.322 e. The number of carbonyl (C=O) groups excluding carboxylic acids is 1. The molecule has 2 aromatic rings. The monoisotopic (exact) mass is 346 g/mol. The van der Waals surface area contributed by atoms with E-state index in [0.717, 1.165) is 12.1 Å². The smallest absolute Gasteiger partial charge is 0.322 e. The largest absolute Gasteiger partial charge is 0.423 e. The van der Waals surface area contributed by atoms with E-state index in [1.54, 1.807) is 0 Å². The molecule has 10 heteroatoms. The zero-order valence-electron chi connectivity index (χ0n) is 11.5. The van der Waals surface area contributed by atoms with Crippen molar-refractivity contribution < 1.29 is 31.7 Å². The van der Waals surface area contributed by atoms with E-state index < -0.39 is 39.9 Å². The van der Waals surface area contributed by atoms with Gasteiger partial charge in [0.15, 0.2) is 11.6 Å². The van der Waals surface area contributed by atoms with E-state index >= 15 is 0 Å². The normalized spacial score (nSPS) is 11.2. The number of nitro groups is 1. The second kappa shape index (κ2) is 6.22. The molecular weight excluding hydrogens is 339 g/mol. The lowest BCUT2D eigenvalue weighted by atomic mass is 10.1. The molecule has 0 saturated heterocycles. The third-order valence-corrected chi connectivity index (χ3v) is 2.94. The summed E-state index contributed by atoms with van der Waals surface area (Å²) in [5.74, 6) is -3.50. The number of anilines is 1. The first-order chi connectivity index (χ1) is 11.1. The molecule has 0 saturated carbocycles. The maximum Gasteiger partial charge on any atom is 0.423 e. The lowest BCUT2D eigenvalue weighted by molar-refractivity contribution is -0.388. The van der Waals surface area contributed by atoms with Crippen LogP contribution in [0.4, 0.5) is 33.3 Å². The molecule has 0 spiro atoms. The predicted octanol–water partition coefficient (Wildman–Crippen LogP) is 4.14. The van der Waals surface area contributed by atoms with Crippen molar-refractivity contribution in [2.75, 3.05) is 5.32 Å². The van der Waals surface area contributed by atoms with Crippen molar-refractivity contribution in [3.05, 3.63) is 69.3 Å². The van der Waals surface area contributed by atoms with Crippen molar-refractivity contribution >= 4 is 17.3 Å². The number of benzene rings is 2. The number of nitrogens with zero attached hydrogens (tertiary/aromatic N) is 1. The second-order valence-corrected chi connectivity index (χ2v) is 4.57. The lowest BCUT2D eigenvalue weighted by Crippen LogP contribution is -2.14. The third kappa shape index (κ3) is 3.65. The minimum absolute atomic E-state index is 0.333. The molecule has 0 fully saturated rings. The van der Waals surface area contributed by atoms with Crippen LogP contribution in [0.2, 0.25) is 0 Å². The van der Waals surface area contributed by atoms with Crippen LogP contribution in [0.25, 0.3) is 0 Å². The van der Waals surface area contributed by atoms with Gasteiger partial charge in [-0.1, -0.05) is 0 Å². The number of hydrogen-bond donors (Lipinski definition) is 1. The van der Waals surface area contributed by atoms with Crippen LogP contribution >= 0.6 is 0 Å². The molecule has 1 N–H and O–H groups in total. The summed E-state index contributed by atoms with van der Waals surface area (Å²) in [5, 5.41) is 12.7. The molecule has 0 aliphatic rings.